The van der Waals surface area contributed by atoms with Gasteiger partial charge in [0.05, 0.1) is 23.6 Å². The Kier molecular flexibility index (Phi) is 2.91. The van der Waals surface area contributed by atoms with Crippen LogP contribution in [-0.4, -0.2) is 19.4 Å². The summed E-state index contributed by atoms with van der Waals surface area (Å²) in [5.74, 6) is 0. The third-order valence-electron chi connectivity index (χ3n) is 3.84. The van der Waals surface area contributed by atoms with Crippen LogP contribution in [0.1, 0.15) is 11.1 Å². The summed E-state index contributed by atoms with van der Waals surface area (Å²) in [4.78, 5) is 12.8. The smallest absolute Gasteiger partial charge is 0.267 e. The van der Waals surface area contributed by atoms with Gasteiger partial charge in [-0.05, 0) is 23.8 Å². The summed E-state index contributed by atoms with van der Waals surface area (Å²) < 4.78 is 3.27. The van der Waals surface area contributed by atoms with E-state index >= 15 is 0 Å². The molecule has 2 aromatic carbocycles. The lowest BCUT2D eigenvalue weighted by molar-refractivity contribution is 0.605. The van der Waals surface area contributed by atoms with E-state index in [0.717, 1.165) is 10.9 Å². The van der Waals surface area contributed by atoms with E-state index < -0.39 is 0 Å². The number of nitrogens with zero attached hydrogens (tertiary/aromatic N) is 5. The fraction of sp³-hybridized carbons (Fsp3) is 0.0588. The van der Waals surface area contributed by atoms with Crippen LogP contribution in [0.3, 0.4) is 0 Å². The summed E-state index contributed by atoms with van der Waals surface area (Å²) in [6.45, 7) is 0.379. The molecule has 0 atom stereocenters. The first-order chi connectivity index (χ1) is 11.3. The number of nitriles is 1. The van der Waals surface area contributed by atoms with E-state index in [4.69, 9.17) is 5.26 Å². The molecule has 0 fully saturated rings. The van der Waals surface area contributed by atoms with E-state index in [-0.39, 0.29) is 5.56 Å². The highest BCUT2D eigenvalue weighted by Gasteiger charge is 2.11. The Bertz CT molecular complexity index is 1120. The van der Waals surface area contributed by atoms with Crippen molar-refractivity contribution >= 4 is 16.4 Å². The molecule has 0 unspecified atom stereocenters. The van der Waals surface area contributed by atoms with Crippen molar-refractivity contribution < 1.29 is 0 Å². The Balaban J connectivity index is 1.94. The van der Waals surface area contributed by atoms with E-state index in [2.05, 4.69) is 16.3 Å². The van der Waals surface area contributed by atoms with Crippen molar-refractivity contribution in [2.75, 3.05) is 0 Å². The van der Waals surface area contributed by atoms with Gasteiger partial charge in [-0.3, -0.25) is 4.79 Å². The molecular weight excluding hydrogens is 290 g/mol. The minimum absolute atomic E-state index is 0.0998. The molecule has 0 bridgehead atoms. The van der Waals surface area contributed by atoms with Crippen molar-refractivity contribution in [3.8, 4) is 6.07 Å². The van der Waals surface area contributed by atoms with E-state index in [1.807, 2.05) is 30.3 Å². The zero-order valence-corrected chi connectivity index (χ0v) is 12.0. The molecule has 2 aromatic heterocycles. The molecule has 0 aliphatic carbocycles. The lowest BCUT2D eigenvalue weighted by Gasteiger charge is -2.11. The third kappa shape index (κ3) is 2.07. The molecule has 0 N–H and O–H groups in total. The minimum atomic E-state index is -0.0998. The van der Waals surface area contributed by atoms with Crippen LogP contribution in [0.15, 0.2) is 59.7 Å². The Morgan fingerprint density at radius 1 is 1.04 bits per heavy atom. The fourth-order valence-corrected chi connectivity index (χ4v) is 2.69. The monoisotopic (exact) mass is 301 g/mol. The van der Waals surface area contributed by atoms with Crippen molar-refractivity contribution in [2.45, 2.75) is 6.54 Å². The largest absolute Gasteiger partial charge is 0.273 e. The molecule has 0 aliphatic heterocycles. The van der Waals surface area contributed by atoms with Crippen LogP contribution in [0.4, 0.5) is 0 Å². The summed E-state index contributed by atoms with van der Waals surface area (Å²) in [6.07, 6.45) is 1.53. The van der Waals surface area contributed by atoms with Gasteiger partial charge < -0.3 is 0 Å². The summed E-state index contributed by atoms with van der Waals surface area (Å²) in [7, 11) is 0. The molecule has 110 valence electrons. The van der Waals surface area contributed by atoms with Gasteiger partial charge in [0.15, 0.2) is 5.65 Å². The first-order valence-electron chi connectivity index (χ1n) is 7.08. The first kappa shape index (κ1) is 13.2. The molecule has 0 aliphatic rings. The quantitative estimate of drug-likeness (QED) is 0.567. The number of aromatic nitrogens is 4. The van der Waals surface area contributed by atoms with Crippen LogP contribution in [-0.2, 0) is 6.54 Å². The third-order valence-corrected chi connectivity index (χ3v) is 3.84. The number of hydrogen-bond donors (Lipinski definition) is 0. The fourth-order valence-electron chi connectivity index (χ4n) is 2.69. The molecule has 0 saturated carbocycles. The van der Waals surface area contributed by atoms with Gasteiger partial charge in [-0.25, -0.2) is 9.20 Å². The topological polar surface area (TPSA) is 76.0 Å². The van der Waals surface area contributed by atoms with Gasteiger partial charge in [0.1, 0.15) is 6.33 Å². The molecule has 0 amide bonds. The molecule has 4 aromatic rings. The molecule has 6 heteroatoms. The highest BCUT2D eigenvalue weighted by Crippen LogP contribution is 2.15. The number of fused-ring (bicyclic) bond motifs is 3. The lowest BCUT2D eigenvalue weighted by Crippen LogP contribution is -2.26. The first-order valence-corrected chi connectivity index (χ1v) is 7.08. The Labute approximate surface area is 130 Å². The van der Waals surface area contributed by atoms with E-state index in [1.165, 1.54) is 6.33 Å². The van der Waals surface area contributed by atoms with Crippen LogP contribution in [0.2, 0.25) is 0 Å². The maximum absolute atomic E-state index is 12.8. The van der Waals surface area contributed by atoms with E-state index in [9.17, 15) is 4.79 Å². The molecule has 0 saturated heterocycles. The average Bonchev–Trinajstić information content (AvgIpc) is 3.09. The molecule has 0 radical (unpaired) electrons. The lowest BCUT2D eigenvalue weighted by atomic mass is 10.1. The van der Waals surface area contributed by atoms with Crippen LogP contribution in [0, 0.1) is 11.3 Å². The highest BCUT2D eigenvalue weighted by molar-refractivity contribution is 5.92. The SMILES string of the molecule is N#Cc1ccc(Cn2c(=O)c3ccccc3c3nncn32)cc1. The van der Waals surface area contributed by atoms with Crippen LogP contribution < -0.4 is 5.56 Å². The van der Waals surface area contributed by atoms with Gasteiger partial charge in [0, 0.05) is 5.39 Å². The van der Waals surface area contributed by atoms with Crippen molar-refractivity contribution in [1.29, 1.82) is 5.26 Å². The predicted molar refractivity (Wildman–Crippen MR) is 85.0 cm³/mol. The molecule has 23 heavy (non-hydrogen) atoms. The molecule has 2 heterocycles. The van der Waals surface area contributed by atoms with Crippen LogP contribution in [0.25, 0.3) is 16.4 Å². The maximum atomic E-state index is 12.8. The second-order valence-electron chi connectivity index (χ2n) is 5.22. The second-order valence-corrected chi connectivity index (χ2v) is 5.22. The van der Waals surface area contributed by atoms with Crippen molar-refractivity contribution in [1.82, 2.24) is 19.4 Å². The Hall–Kier alpha value is -3.46. The van der Waals surface area contributed by atoms with Crippen LogP contribution in [0.5, 0.6) is 0 Å². The zero-order chi connectivity index (χ0) is 15.8. The van der Waals surface area contributed by atoms with Gasteiger partial charge in [-0.15, -0.1) is 10.2 Å². The highest BCUT2D eigenvalue weighted by atomic mass is 16.1. The molecule has 0 spiro atoms. The number of rotatable bonds is 2. The Morgan fingerprint density at radius 2 is 1.78 bits per heavy atom. The average molecular weight is 301 g/mol. The summed E-state index contributed by atoms with van der Waals surface area (Å²) in [5.41, 5.74) is 2.07. The van der Waals surface area contributed by atoms with Crippen molar-refractivity contribution in [3.05, 3.63) is 76.3 Å². The summed E-state index contributed by atoms with van der Waals surface area (Å²) in [5, 5.41) is 18.3. The standard InChI is InChI=1S/C17H11N5O/c18-9-12-5-7-13(8-6-12)10-21-17(23)15-4-2-1-3-14(15)16-20-19-11-22(16)21/h1-8,11H,10H2. The number of hydrogen-bond acceptors (Lipinski definition) is 4. The summed E-state index contributed by atoms with van der Waals surface area (Å²) >= 11 is 0. The van der Waals surface area contributed by atoms with Crippen molar-refractivity contribution in [3.63, 3.8) is 0 Å². The second kappa shape index (κ2) is 5.07. The van der Waals surface area contributed by atoms with Gasteiger partial charge >= 0.3 is 0 Å². The summed E-state index contributed by atoms with van der Waals surface area (Å²) in [6, 6.07) is 16.6. The van der Waals surface area contributed by atoms with Gasteiger partial charge in [-0.1, -0.05) is 30.3 Å². The van der Waals surface area contributed by atoms with Crippen LogP contribution >= 0.6 is 0 Å². The van der Waals surface area contributed by atoms with E-state index in [0.29, 0.717) is 23.1 Å². The molecule has 4 rings (SSSR count). The normalized spacial score (nSPS) is 10.9. The minimum Gasteiger partial charge on any atom is -0.267 e. The molecular formula is C17H11N5O. The Morgan fingerprint density at radius 3 is 2.52 bits per heavy atom. The molecule has 6 nitrogen and oxygen atoms in total. The van der Waals surface area contributed by atoms with Gasteiger partial charge in [-0.2, -0.15) is 5.26 Å². The maximum Gasteiger partial charge on any atom is 0.273 e. The van der Waals surface area contributed by atoms with E-state index in [1.54, 1.807) is 27.4 Å². The predicted octanol–water partition coefficient (Wildman–Crippen LogP) is 1.96. The van der Waals surface area contributed by atoms with Gasteiger partial charge in [0.25, 0.3) is 5.56 Å². The zero-order valence-electron chi connectivity index (χ0n) is 12.0. The van der Waals surface area contributed by atoms with Gasteiger partial charge in [0.2, 0.25) is 0 Å². The van der Waals surface area contributed by atoms with Crippen molar-refractivity contribution in [2.24, 2.45) is 0 Å². The number of benzene rings is 2.